The lowest BCUT2D eigenvalue weighted by atomic mass is 9.59. The molecular weight excluding hydrogens is 797 g/mol. The maximum Gasteiger partial charge on any atom is 0.0465 e. The van der Waals surface area contributed by atoms with Crippen LogP contribution in [0.3, 0.4) is 0 Å². The van der Waals surface area contributed by atoms with E-state index in [1.807, 2.05) is 0 Å². The number of benzene rings is 10. The van der Waals surface area contributed by atoms with Crippen molar-refractivity contribution in [1.29, 1.82) is 0 Å². The van der Waals surface area contributed by atoms with Gasteiger partial charge in [0.2, 0.25) is 0 Å². The number of nitrogens with zero attached hydrogens (tertiary/aromatic N) is 2. The van der Waals surface area contributed by atoms with E-state index in [0.29, 0.717) is 0 Å². The van der Waals surface area contributed by atoms with Gasteiger partial charge >= 0.3 is 0 Å². The Kier molecular flexibility index (Phi) is 8.10. The van der Waals surface area contributed by atoms with Crippen LogP contribution in [0.5, 0.6) is 0 Å². The lowest BCUT2D eigenvalue weighted by Crippen LogP contribution is -2.35. The highest BCUT2D eigenvalue weighted by Crippen LogP contribution is 2.62. The summed E-state index contributed by atoms with van der Waals surface area (Å²) in [6, 6.07) is 86.6. The van der Waals surface area contributed by atoms with Crippen LogP contribution in [-0.4, -0.2) is 0 Å². The minimum Gasteiger partial charge on any atom is -0.310 e. The van der Waals surface area contributed by atoms with E-state index in [1.54, 1.807) is 0 Å². The summed E-state index contributed by atoms with van der Waals surface area (Å²) in [6.07, 6.45) is 3.89. The topological polar surface area (TPSA) is 6.48 Å². The van der Waals surface area contributed by atoms with Crippen molar-refractivity contribution in [2.45, 2.75) is 36.5 Å². The highest BCUT2D eigenvalue weighted by molar-refractivity contribution is 6.14. The summed E-state index contributed by atoms with van der Waals surface area (Å²) in [5.41, 5.74) is 23.6. The number of para-hydroxylation sites is 4. The molecule has 0 bridgehead atoms. The zero-order chi connectivity index (χ0) is 43.4. The average molecular weight is 843 g/mol. The molecule has 0 fully saturated rings. The molecule has 10 aromatic carbocycles. The first-order chi connectivity index (χ1) is 32.7. The normalized spacial score (nSPS) is 15.0. The van der Waals surface area contributed by atoms with Gasteiger partial charge in [-0.1, -0.05) is 158 Å². The predicted octanol–water partition coefficient (Wildman–Crippen LogP) is 15.9. The van der Waals surface area contributed by atoms with Gasteiger partial charge in [-0.15, -0.1) is 0 Å². The highest BCUT2D eigenvalue weighted by atomic mass is 15.1. The molecule has 14 rings (SSSR count). The van der Waals surface area contributed by atoms with E-state index < -0.39 is 0 Å². The van der Waals surface area contributed by atoms with E-state index in [9.17, 15) is 0 Å². The predicted molar refractivity (Wildman–Crippen MR) is 273 cm³/mol. The fourth-order valence-corrected chi connectivity index (χ4v) is 12.8. The van der Waals surface area contributed by atoms with Gasteiger partial charge in [-0.3, -0.25) is 0 Å². The summed E-state index contributed by atoms with van der Waals surface area (Å²) in [5, 5.41) is 2.89. The Morgan fingerprint density at radius 3 is 0.848 bits per heavy atom. The molecular formula is C64H46N2. The molecule has 0 amide bonds. The third-order valence-electron chi connectivity index (χ3n) is 15.6. The SMILES string of the molecule is c1ccc(N(c2ccccc2)c2ccc3c(c2)C2(Cc4ccccc4C2)c2ccc4c5c(ccc-3c25)-c2ccc(N(c3ccccc3)c3ccccc3)cc2C42Cc3ccccc3C2)cc1. The van der Waals surface area contributed by atoms with Gasteiger partial charge in [-0.05, 0) is 176 Å². The molecule has 66 heavy (non-hydrogen) atoms. The molecule has 312 valence electrons. The van der Waals surface area contributed by atoms with Crippen molar-refractivity contribution in [3.8, 4) is 22.3 Å². The molecule has 2 spiro atoms. The Bertz CT molecular complexity index is 3170. The summed E-state index contributed by atoms with van der Waals surface area (Å²) in [7, 11) is 0. The third-order valence-corrected chi connectivity index (χ3v) is 15.6. The first-order valence-electron chi connectivity index (χ1n) is 23.5. The molecule has 10 aromatic rings. The molecule has 0 unspecified atom stereocenters. The Labute approximate surface area is 386 Å². The second-order valence-electron chi connectivity index (χ2n) is 19.0. The zero-order valence-corrected chi connectivity index (χ0v) is 36.7. The minimum atomic E-state index is -0.236. The molecule has 0 aromatic heterocycles. The zero-order valence-electron chi connectivity index (χ0n) is 36.7. The summed E-state index contributed by atoms with van der Waals surface area (Å²) >= 11 is 0. The first kappa shape index (κ1) is 37.4. The standard InChI is InChI=1S/C64H46N2/c1-5-21-47(22-6-1)65(48-23-7-2-8-24-48)51-29-31-53-55-33-34-56-54-32-30-52(66(49-25-9-3-10-26-49)50-27-11-4-12-28-50)38-60(54)64(41-45-19-15-16-20-46(45)42-64)58-36-35-57(61(55)62(56)58)63(59(53)37-51)39-43-17-13-14-18-44(43)40-63/h1-38H,39-42H2. The second kappa shape index (κ2) is 14.3. The van der Waals surface area contributed by atoms with Gasteiger partial charge in [-0.25, -0.2) is 0 Å². The molecule has 4 aliphatic carbocycles. The Morgan fingerprint density at radius 1 is 0.242 bits per heavy atom. The number of rotatable bonds is 6. The van der Waals surface area contributed by atoms with Crippen LogP contribution in [0.1, 0.15) is 44.5 Å². The van der Waals surface area contributed by atoms with E-state index >= 15 is 0 Å². The van der Waals surface area contributed by atoms with Crippen molar-refractivity contribution < 1.29 is 0 Å². The molecule has 0 saturated heterocycles. The number of anilines is 6. The molecule has 0 aliphatic heterocycles. The second-order valence-corrected chi connectivity index (χ2v) is 19.0. The van der Waals surface area contributed by atoms with Crippen molar-refractivity contribution in [2.24, 2.45) is 0 Å². The monoisotopic (exact) mass is 842 g/mol. The van der Waals surface area contributed by atoms with Gasteiger partial charge in [0.1, 0.15) is 0 Å². The lowest BCUT2D eigenvalue weighted by Gasteiger charge is -2.43. The van der Waals surface area contributed by atoms with Crippen LogP contribution in [0.2, 0.25) is 0 Å². The maximum atomic E-state index is 2.58. The Balaban J connectivity index is 1.03. The number of hydrogen-bond donors (Lipinski definition) is 0. The summed E-state index contributed by atoms with van der Waals surface area (Å²) in [5.74, 6) is 0. The van der Waals surface area contributed by atoms with Gasteiger partial charge in [0, 0.05) is 45.0 Å². The van der Waals surface area contributed by atoms with E-state index in [0.717, 1.165) is 48.4 Å². The van der Waals surface area contributed by atoms with Gasteiger partial charge in [0.15, 0.2) is 0 Å². The van der Waals surface area contributed by atoms with Crippen LogP contribution < -0.4 is 9.80 Å². The molecule has 0 N–H and O–H groups in total. The largest absolute Gasteiger partial charge is 0.310 e. The smallest absolute Gasteiger partial charge is 0.0465 e. The van der Waals surface area contributed by atoms with E-state index in [-0.39, 0.29) is 10.8 Å². The number of fused-ring (bicyclic) bond motifs is 10. The van der Waals surface area contributed by atoms with Crippen LogP contribution in [0, 0.1) is 0 Å². The van der Waals surface area contributed by atoms with Crippen molar-refractivity contribution in [3.63, 3.8) is 0 Å². The Morgan fingerprint density at radius 2 is 0.530 bits per heavy atom. The van der Waals surface area contributed by atoms with Gasteiger partial charge in [0.05, 0.1) is 0 Å². The quantitative estimate of drug-likeness (QED) is 0.165. The summed E-state index contributed by atoms with van der Waals surface area (Å²) in [6.45, 7) is 0. The highest BCUT2D eigenvalue weighted by Gasteiger charge is 2.50. The molecule has 0 radical (unpaired) electrons. The fourth-order valence-electron chi connectivity index (χ4n) is 12.8. The fraction of sp³-hybridized carbons (Fsp3) is 0.0938. The van der Waals surface area contributed by atoms with Gasteiger partial charge in [0.25, 0.3) is 0 Å². The van der Waals surface area contributed by atoms with Crippen LogP contribution in [0.4, 0.5) is 34.1 Å². The van der Waals surface area contributed by atoms with E-state index in [4.69, 9.17) is 0 Å². The van der Waals surface area contributed by atoms with Crippen molar-refractivity contribution in [1.82, 2.24) is 0 Å². The lowest BCUT2D eigenvalue weighted by molar-refractivity contribution is 0.542. The average Bonchev–Trinajstić information content (AvgIpc) is 3.97. The van der Waals surface area contributed by atoms with Crippen molar-refractivity contribution in [2.75, 3.05) is 9.80 Å². The maximum absolute atomic E-state index is 2.58. The van der Waals surface area contributed by atoms with Crippen molar-refractivity contribution >= 4 is 44.9 Å². The molecule has 0 saturated carbocycles. The molecule has 2 nitrogen and oxygen atoms in total. The number of hydrogen-bond acceptors (Lipinski definition) is 2. The van der Waals surface area contributed by atoms with Gasteiger partial charge in [-0.2, -0.15) is 0 Å². The molecule has 0 atom stereocenters. The van der Waals surface area contributed by atoms with Crippen LogP contribution in [0.25, 0.3) is 33.0 Å². The minimum absolute atomic E-state index is 0.236. The Hall–Kier alpha value is -7.94. The molecule has 4 aliphatic rings. The van der Waals surface area contributed by atoms with Crippen molar-refractivity contribution in [3.05, 3.63) is 275 Å². The molecule has 2 heteroatoms. The van der Waals surface area contributed by atoms with E-state index in [1.165, 1.54) is 88.9 Å². The van der Waals surface area contributed by atoms with Crippen LogP contribution in [-0.2, 0) is 36.5 Å². The summed E-state index contributed by atoms with van der Waals surface area (Å²) < 4.78 is 0. The van der Waals surface area contributed by atoms with Crippen LogP contribution >= 0.6 is 0 Å². The first-order valence-corrected chi connectivity index (χ1v) is 23.5. The van der Waals surface area contributed by atoms with E-state index in [2.05, 4.69) is 240 Å². The molecule has 0 heterocycles. The third kappa shape index (κ3) is 5.36. The van der Waals surface area contributed by atoms with Crippen LogP contribution in [0.15, 0.2) is 231 Å². The summed E-state index contributed by atoms with van der Waals surface area (Å²) in [4.78, 5) is 4.85. The van der Waals surface area contributed by atoms with Gasteiger partial charge < -0.3 is 9.80 Å².